The summed E-state index contributed by atoms with van der Waals surface area (Å²) in [6.07, 6.45) is 1.00. The van der Waals surface area contributed by atoms with Crippen LogP contribution < -0.4 is 5.32 Å². The summed E-state index contributed by atoms with van der Waals surface area (Å²) < 4.78 is 0. The predicted molar refractivity (Wildman–Crippen MR) is 69.1 cm³/mol. The van der Waals surface area contributed by atoms with Crippen molar-refractivity contribution < 1.29 is 0 Å². The molecular formula is C11H15N3S2. The van der Waals surface area contributed by atoms with Gasteiger partial charge in [0.2, 0.25) is 0 Å². The molecule has 2 aromatic rings. The van der Waals surface area contributed by atoms with E-state index in [1.54, 1.807) is 22.7 Å². The molecule has 86 valence electrons. The van der Waals surface area contributed by atoms with Gasteiger partial charge in [-0.15, -0.1) is 22.7 Å². The van der Waals surface area contributed by atoms with Crippen molar-refractivity contribution in [3.63, 3.8) is 0 Å². The van der Waals surface area contributed by atoms with E-state index in [0.29, 0.717) is 0 Å². The van der Waals surface area contributed by atoms with Gasteiger partial charge in [-0.25, -0.2) is 9.97 Å². The molecular weight excluding hydrogens is 238 g/mol. The second-order valence-electron chi connectivity index (χ2n) is 3.69. The lowest BCUT2D eigenvalue weighted by molar-refractivity contribution is 0.681. The van der Waals surface area contributed by atoms with E-state index >= 15 is 0 Å². The van der Waals surface area contributed by atoms with E-state index in [1.165, 1.54) is 5.01 Å². The SMILES string of the molecule is Cc1csc(CCNCc2nc(C)cs2)n1. The van der Waals surface area contributed by atoms with E-state index in [2.05, 4.69) is 26.0 Å². The van der Waals surface area contributed by atoms with Gasteiger partial charge < -0.3 is 5.32 Å². The Bertz CT molecular complexity index is 405. The Labute approximate surface area is 104 Å². The molecule has 0 saturated heterocycles. The van der Waals surface area contributed by atoms with Gasteiger partial charge in [-0.05, 0) is 13.8 Å². The molecule has 0 bridgehead atoms. The van der Waals surface area contributed by atoms with Crippen LogP contribution in [0.2, 0.25) is 0 Å². The van der Waals surface area contributed by atoms with Crippen molar-refractivity contribution in [2.45, 2.75) is 26.8 Å². The third kappa shape index (κ3) is 3.37. The first kappa shape index (κ1) is 11.7. The highest BCUT2D eigenvalue weighted by Crippen LogP contribution is 2.09. The summed E-state index contributed by atoms with van der Waals surface area (Å²) >= 11 is 3.45. The summed E-state index contributed by atoms with van der Waals surface area (Å²) in [5.41, 5.74) is 2.23. The van der Waals surface area contributed by atoms with E-state index in [1.807, 2.05) is 13.8 Å². The van der Waals surface area contributed by atoms with Crippen LogP contribution in [-0.4, -0.2) is 16.5 Å². The highest BCUT2D eigenvalue weighted by Gasteiger charge is 2.00. The van der Waals surface area contributed by atoms with Gasteiger partial charge in [0.25, 0.3) is 0 Å². The molecule has 0 aliphatic rings. The zero-order valence-electron chi connectivity index (χ0n) is 9.49. The van der Waals surface area contributed by atoms with Gasteiger partial charge in [-0.2, -0.15) is 0 Å². The first-order valence-corrected chi connectivity index (χ1v) is 7.02. The minimum Gasteiger partial charge on any atom is -0.310 e. The van der Waals surface area contributed by atoms with Crippen LogP contribution in [0.15, 0.2) is 10.8 Å². The number of hydrogen-bond donors (Lipinski definition) is 1. The number of thiazole rings is 2. The number of aromatic nitrogens is 2. The second-order valence-corrected chi connectivity index (χ2v) is 5.58. The number of hydrogen-bond acceptors (Lipinski definition) is 5. The Kier molecular flexibility index (Phi) is 4.04. The van der Waals surface area contributed by atoms with E-state index < -0.39 is 0 Å². The highest BCUT2D eigenvalue weighted by atomic mass is 32.1. The Morgan fingerprint density at radius 2 is 1.69 bits per heavy atom. The fourth-order valence-corrected chi connectivity index (χ4v) is 2.91. The van der Waals surface area contributed by atoms with Crippen molar-refractivity contribution in [3.05, 3.63) is 32.2 Å². The van der Waals surface area contributed by atoms with E-state index in [-0.39, 0.29) is 0 Å². The maximum absolute atomic E-state index is 4.42. The standard InChI is InChI=1S/C11H15N3S2/c1-8-6-15-10(13-8)3-4-12-5-11-14-9(2)7-16-11/h6-7,12H,3-5H2,1-2H3. The smallest absolute Gasteiger partial charge is 0.107 e. The molecule has 0 fully saturated rings. The highest BCUT2D eigenvalue weighted by molar-refractivity contribution is 7.09. The molecule has 16 heavy (non-hydrogen) atoms. The average Bonchev–Trinajstić information content (AvgIpc) is 2.83. The Morgan fingerprint density at radius 3 is 2.25 bits per heavy atom. The molecule has 0 unspecified atom stereocenters. The third-order valence-corrected chi connectivity index (χ3v) is 4.12. The quantitative estimate of drug-likeness (QED) is 0.832. The van der Waals surface area contributed by atoms with Crippen molar-refractivity contribution in [2.75, 3.05) is 6.54 Å². The first-order valence-electron chi connectivity index (χ1n) is 5.27. The minimum atomic E-state index is 0.864. The van der Waals surface area contributed by atoms with Crippen molar-refractivity contribution in [3.8, 4) is 0 Å². The second kappa shape index (κ2) is 5.52. The van der Waals surface area contributed by atoms with Gasteiger partial charge in [0.05, 0.1) is 5.01 Å². The van der Waals surface area contributed by atoms with Crippen LogP contribution in [0.4, 0.5) is 0 Å². The van der Waals surface area contributed by atoms with E-state index in [9.17, 15) is 0 Å². The number of rotatable bonds is 5. The van der Waals surface area contributed by atoms with Crippen LogP contribution in [-0.2, 0) is 13.0 Å². The molecule has 0 spiro atoms. The molecule has 2 rings (SSSR count). The normalized spacial score (nSPS) is 10.9. The summed E-state index contributed by atoms with van der Waals surface area (Å²) in [7, 11) is 0. The lowest BCUT2D eigenvalue weighted by atomic mass is 10.4. The number of nitrogens with one attached hydrogen (secondary N) is 1. The molecule has 2 heterocycles. The van der Waals surface area contributed by atoms with Crippen LogP contribution in [0, 0.1) is 13.8 Å². The maximum atomic E-state index is 4.42. The Balaban J connectivity index is 1.69. The molecule has 1 N–H and O–H groups in total. The van der Waals surface area contributed by atoms with Gasteiger partial charge in [-0.1, -0.05) is 0 Å². The molecule has 0 aliphatic heterocycles. The number of nitrogens with zero attached hydrogens (tertiary/aromatic N) is 2. The van der Waals surface area contributed by atoms with Gasteiger partial charge >= 0.3 is 0 Å². The van der Waals surface area contributed by atoms with E-state index in [4.69, 9.17) is 0 Å². The molecule has 3 nitrogen and oxygen atoms in total. The van der Waals surface area contributed by atoms with Crippen molar-refractivity contribution in [1.29, 1.82) is 0 Å². The summed E-state index contributed by atoms with van der Waals surface area (Å²) in [5, 5.41) is 9.94. The Morgan fingerprint density at radius 1 is 1.06 bits per heavy atom. The van der Waals surface area contributed by atoms with Gasteiger partial charge in [0, 0.05) is 41.7 Å². The summed E-state index contributed by atoms with van der Waals surface area (Å²) in [4.78, 5) is 8.83. The van der Waals surface area contributed by atoms with Gasteiger partial charge in [0.15, 0.2) is 0 Å². The molecule has 0 aromatic carbocycles. The monoisotopic (exact) mass is 253 g/mol. The van der Waals surface area contributed by atoms with Crippen LogP contribution in [0.25, 0.3) is 0 Å². The van der Waals surface area contributed by atoms with Crippen molar-refractivity contribution in [2.24, 2.45) is 0 Å². The van der Waals surface area contributed by atoms with Crippen LogP contribution >= 0.6 is 22.7 Å². The zero-order valence-corrected chi connectivity index (χ0v) is 11.1. The molecule has 0 amide bonds. The Hall–Kier alpha value is -0.780. The molecule has 0 radical (unpaired) electrons. The first-order chi connectivity index (χ1) is 7.74. The van der Waals surface area contributed by atoms with Crippen LogP contribution in [0.5, 0.6) is 0 Å². The summed E-state index contributed by atoms with van der Waals surface area (Å²) in [6.45, 7) is 5.89. The van der Waals surface area contributed by atoms with Crippen molar-refractivity contribution in [1.82, 2.24) is 15.3 Å². The molecule has 2 aromatic heterocycles. The lowest BCUT2D eigenvalue weighted by Crippen LogP contribution is -2.16. The molecule has 5 heteroatoms. The van der Waals surface area contributed by atoms with Gasteiger partial charge in [-0.3, -0.25) is 0 Å². The summed E-state index contributed by atoms with van der Waals surface area (Å²) in [6, 6.07) is 0. The zero-order chi connectivity index (χ0) is 11.4. The third-order valence-electron chi connectivity index (χ3n) is 2.13. The van der Waals surface area contributed by atoms with Crippen LogP contribution in [0.1, 0.15) is 21.4 Å². The fourth-order valence-electron chi connectivity index (χ4n) is 1.39. The van der Waals surface area contributed by atoms with Crippen LogP contribution in [0.3, 0.4) is 0 Å². The molecule has 0 atom stereocenters. The topological polar surface area (TPSA) is 37.8 Å². The minimum absolute atomic E-state index is 0.864. The lowest BCUT2D eigenvalue weighted by Gasteiger charge is -1.99. The fraction of sp³-hybridized carbons (Fsp3) is 0.455. The predicted octanol–water partition coefficient (Wildman–Crippen LogP) is 2.55. The molecule has 0 aliphatic carbocycles. The van der Waals surface area contributed by atoms with Gasteiger partial charge in [0.1, 0.15) is 5.01 Å². The molecule has 0 saturated carbocycles. The number of aryl methyl sites for hydroxylation is 2. The van der Waals surface area contributed by atoms with E-state index in [0.717, 1.165) is 35.9 Å². The van der Waals surface area contributed by atoms with Crippen molar-refractivity contribution >= 4 is 22.7 Å². The average molecular weight is 253 g/mol. The largest absolute Gasteiger partial charge is 0.310 e. The maximum Gasteiger partial charge on any atom is 0.107 e. The summed E-state index contributed by atoms with van der Waals surface area (Å²) in [5.74, 6) is 0.